The number of benzene rings is 1. The first-order chi connectivity index (χ1) is 19.4. The van der Waals surface area contributed by atoms with Crippen molar-refractivity contribution in [1.29, 1.82) is 0 Å². The number of H-pyrrole nitrogens is 2. The maximum atomic E-state index is 16.4. The van der Waals surface area contributed by atoms with Crippen LogP contribution in [0.4, 0.5) is 4.39 Å². The molecule has 3 N–H and O–H groups in total. The maximum Gasteiger partial charge on any atom is 0.159 e. The number of aromatic amines is 2. The molecule has 7 nitrogen and oxygen atoms in total. The Morgan fingerprint density at radius 2 is 1.95 bits per heavy atom. The second-order valence-electron chi connectivity index (χ2n) is 11.1. The lowest BCUT2D eigenvalue weighted by molar-refractivity contribution is 0.403. The molecule has 4 aromatic rings. The molecule has 0 aliphatic carbocycles. The van der Waals surface area contributed by atoms with Crippen molar-refractivity contribution in [3.8, 4) is 17.2 Å². The van der Waals surface area contributed by atoms with Gasteiger partial charge in [-0.1, -0.05) is 58.7 Å². The van der Waals surface area contributed by atoms with E-state index in [0.717, 1.165) is 34.5 Å². The highest BCUT2D eigenvalue weighted by atomic mass is 19.1. The van der Waals surface area contributed by atoms with Crippen molar-refractivity contribution in [1.82, 2.24) is 35.0 Å². The fourth-order valence-electron chi connectivity index (χ4n) is 4.67. The Hall–Kier alpha value is -4.72. The van der Waals surface area contributed by atoms with Crippen LogP contribution in [0.15, 0.2) is 91.2 Å². The van der Waals surface area contributed by atoms with E-state index in [1.807, 2.05) is 61.9 Å². The standard InChI is InChI=1S/C33H38FN7/c1-10-23(16-24(11-2)36-20(4)17-33(7,8)9)22(6)29(34)28-25(12-3)39-40-31(28)32-37-26-14-13-15-27(30(26)38-32)41-18-21(5)35-19-41/h10-16,18-19,36,39H,2,4,6,17H2,1,3,5,7-9H3,(H,37,38)/b23-10+,24-16+,25-12+,29-28-. The highest BCUT2D eigenvalue weighted by Gasteiger charge is 2.19. The van der Waals surface area contributed by atoms with Gasteiger partial charge in [-0.25, -0.2) is 14.4 Å². The van der Waals surface area contributed by atoms with E-state index in [2.05, 4.69) is 66.0 Å². The molecule has 3 heterocycles. The summed E-state index contributed by atoms with van der Waals surface area (Å²) in [6.07, 6.45) is 11.6. The number of para-hydroxylation sites is 1. The zero-order chi connectivity index (χ0) is 29.9. The molecule has 4 rings (SSSR count). The third-order valence-corrected chi connectivity index (χ3v) is 6.53. The van der Waals surface area contributed by atoms with Crippen LogP contribution in [-0.4, -0.2) is 29.7 Å². The number of hydrogen-bond donors (Lipinski definition) is 3. The van der Waals surface area contributed by atoms with Crippen molar-refractivity contribution in [2.45, 2.75) is 48.0 Å². The molecule has 3 aromatic heterocycles. The molecule has 41 heavy (non-hydrogen) atoms. The van der Waals surface area contributed by atoms with E-state index < -0.39 is 5.83 Å². The summed E-state index contributed by atoms with van der Waals surface area (Å²) in [5.74, 6) is -0.0647. The van der Waals surface area contributed by atoms with Gasteiger partial charge in [0.2, 0.25) is 0 Å². The minimum Gasteiger partial charge on any atom is -0.359 e. The molecule has 1 aromatic carbocycles. The monoisotopic (exact) mass is 551 g/mol. The first-order valence-corrected chi connectivity index (χ1v) is 13.5. The number of aromatic nitrogens is 6. The molecule has 8 heteroatoms. The van der Waals surface area contributed by atoms with Gasteiger partial charge in [0, 0.05) is 23.2 Å². The van der Waals surface area contributed by atoms with Gasteiger partial charge in [0.25, 0.3) is 0 Å². The average molecular weight is 552 g/mol. The molecule has 0 amide bonds. The van der Waals surface area contributed by atoms with Crippen LogP contribution in [0.1, 0.15) is 46.7 Å². The van der Waals surface area contributed by atoms with Crippen molar-refractivity contribution in [2.75, 3.05) is 0 Å². The van der Waals surface area contributed by atoms with Crippen molar-refractivity contribution >= 4 is 22.9 Å². The van der Waals surface area contributed by atoms with Crippen molar-refractivity contribution < 1.29 is 4.39 Å². The van der Waals surface area contributed by atoms with E-state index >= 15 is 4.39 Å². The topological polar surface area (TPSA) is 87.2 Å². The SMILES string of the molecule is C=C/C(=C\C(=C/C)C(=C)/C(F)=c1/c(-c2nc3c(-n4cnc(C)c4)cccc3[nH]2)n[nH]/c1=C/C)NC(=C)CC(C)(C)C. The van der Waals surface area contributed by atoms with Gasteiger partial charge in [-0.15, -0.1) is 0 Å². The highest BCUT2D eigenvalue weighted by Crippen LogP contribution is 2.26. The summed E-state index contributed by atoms with van der Waals surface area (Å²) >= 11 is 0. The van der Waals surface area contributed by atoms with Crippen LogP contribution in [-0.2, 0) is 0 Å². The quantitative estimate of drug-likeness (QED) is 0.209. The molecule has 0 bridgehead atoms. The molecule has 0 saturated carbocycles. The third kappa shape index (κ3) is 6.38. The van der Waals surface area contributed by atoms with Gasteiger partial charge in [0.1, 0.15) is 17.0 Å². The molecule has 0 aliphatic heterocycles. The van der Waals surface area contributed by atoms with E-state index in [0.29, 0.717) is 28.1 Å². The van der Waals surface area contributed by atoms with Crippen molar-refractivity contribution in [3.05, 3.63) is 107 Å². The first-order valence-electron chi connectivity index (χ1n) is 13.5. The minimum atomic E-state index is -0.506. The molecule has 212 valence electrons. The van der Waals surface area contributed by atoms with E-state index in [1.165, 1.54) is 0 Å². The van der Waals surface area contributed by atoms with Crippen molar-refractivity contribution in [2.24, 2.45) is 5.41 Å². The number of fused-ring (bicyclic) bond motifs is 1. The molecule has 0 spiro atoms. The Morgan fingerprint density at radius 1 is 1.20 bits per heavy atom. The molecule has 0 saturated heterocycles. The summed E-state index contributed by atoms with van der Waals surface area (Å²) in [6.45, 7) is 24.2. The van der Waals surface area contributed by atoms with Crippen LogP contribution in [0.3, 0.4) is 0 Å². The molecule has 0 unspecified atom stereocenters. The van der Waals surface area contributed by atoms with Gasteiger partial charge in [-0.05, 0) is 62.5 Å². The van der Waals surface area contributed by atoms with E-state index in [1.54, 1.807) is 18.5 Å². The van der Waals surface area contributed by atoms with Crippen LogP contribution >= 0.6 is 0 Å². The van der Waals surface area contributed by atoms with Crippen LogP contribution in [0.25, 0.3) is 40.1 Å². The number of nitrogens with zero attached hydrogens (tertiary/aromatic N) is 4. The number of nitrogens with one attached hydrogen (secondary N) is 3. The normalized spacial score (nSPS) is 14.0. The second-order valence-corrected chi connectivity index (χ2v) is 11.1. The van der Waals surface area contributed by atoms with E-state index in [9.17, 15) is 0 Å². The molecular weight excluding hydrogens is 513 g/mol. The fourth-order valence-corrected chi connectivity index (χ4v) is 4.67. The number of aryl methyl sites for hydroxylation is 1. The number of rotatable bonds is 9. The third-order valence-electron chi connectivity index (χ3n) is 6.53. The fraction of sp³-hybridized carbons (Fsp3) is 0.242. The lowest BCUT2D eigenvalue weighted by Crippen LogP contribution is -2.26. The first kappa shape index (κ1) is 29.3. The van der Waals surface area contributed by atoms with Gasteiger partial charge in [-0.2, -0.15) is 5.10 Å². The van der Waals surface area contributed by atoms with Gasteiger partial charge in [-0.3, -0.25) is 5.10 Å². The lowest BCUT2D eigenvalue weighted by atomic mass is 9.91. The summed E-state index contributed by atoms with van der Waals surface area (Å²) in [4.78, 5) is 12.5. The van der Waals surface area contributed by atoms with Crippen molar-refractivity contribution in [3.63, 3.8) is 0 Å². The molecular formula is C33H38FN7. The Kier molecular flexibility index (Phi) is 8.42. The Bertz CT molecular complexity index is 1820. The number of halogens is 1. The molecule has 0 atom stereocenters. The maximum absolute atomic E-state index is 16.4. The smallest absolute Gasteiger partial charge is 0.159 e. The number of imidazole rings is 2. The predicted octanol–water partition coefficient (Wildman–Crippen LogP) is 6.44. The minimum absolute atomic E-state index is 0.0726. The van der Waals surface area contributed by atoms with Gasteiger partial charge in [0.05, 0.1) is 33.8 Å². The Morgan fingerprint density at radius 3 is 2.56 bits per heavy atom. The Labute approximate surface area is 240 Å². The zero-order valence-corrected chi connectivity index (χ0v) is 24.7. The summed E-state index contributed by atoms with van der Waals surface area (Å²) in [5, 5.41) is 11.5. The van der Waals surface area contributed by atoms with Crippen LogP contribution in [0.2, 0.25) is 0 Å². The Balaban J connectivity index is 1.78. The van der Waals surface area contributed by atoms with Gasteiger partial charge < -0.3 is 14.9 Å². The summed E-state index contributed by atoms with van der Waals surface area (Å²) < 4.78 is 18.3. The number of allylic oxidation sites excluding steroid dienone is 6. The second kappa shape index (κ2) is 11.8. The lowest BCUT2D eigenvalue weighted by Gasteiger charge is -2.21. The predicted molar refractivity (Wildman–Crippen MR) is 167 cm³/mol. The van der Waals surface area contributed by atoms with Crippen LogP contribution in [0.5, 0.6) is 0 Å². The molecule has 0 radical (unpaired) electrons. The van der Waals surface area contributed by atoms with Crippen LogP contribution in [0, 0.1) is 12.3 Å². The average Bonchev–Trinajstić information content (AvgIpc) is 3.66. The summed E-state index contributed by atoms with van der Waals surface area (Å²) in [6, 6.07) is 5.83. The van der Waals surface area contributed by atoms with Gasteiger partial charge in [0.15, 0.2) is 5.82 Å². The molecule has 0 fully saturated rings. The highest BCUT2D eigenvalue weighted by molar-refractivity contribution is 5.87. The van der Waals surface area contributed by atoms with Gasteiger partial charge >= 0.3 is 0 Å². The van der Waals surface area contributed by atoms with Crippen LogP contribution < -0.4 is 15.9 Å². The number of hydrogen-bond acceptors (Lipinski definition) is 4. The zero-order valence-electron chi connectivity index (χ0n) is 24.7. The largest absolute Gasteiger partial charge is 0.359 e. The van der Waals surface area contributed by atoms with E-state index in [4.69, 9.17) is 4.98 Å². The van der Waals surface area contributed by atoms with E-state index in [-0.39, 0.29) is 16.2 Å². The summed E-state index contributed by atoms with van der Waals surface area (Å²) in [7, 11) is 0. The molecule has 0 aliphatic rings. The summed E-state index contributed by atoms with van der Waals surface area (Å²) in [5.41, 5.74) is 6.09.